The summed E-state index contributed by atoms with van der Waals surface area (Å²) in [5.74, 6) is -0.476. The molecule has 2 rings (SSSR count). The van der Waals surface area contributed by atoms with Gasteiger partial charge in [-0.25, -0.2) is 0 Å². The van der Waals surface area contributed by atoms with Crippen molar-refractivity contribution in [2.75, 3.05) is 11.1 Å². The van der Waals surface area contributed by atoms with E-state index in [4.69, 9.17) is 11.5 Å². The number of halogens is 1. The van der Waals surface area contributed by atoms with Gasteiger partial charge in [0.05, 0.1) is 15.2 Å². The summed E-state index contributed by atoms with van der Waals surface area (Å²) in [6, 6.07) is 9.04. The Bertz CT molecular complexity index is 582. The number of carbonyl (C=O) groups is 1. The summed E-state index contributed by atoms with van der Waals surface area (Å²) in [4.78, 5) is 12.2. The molecule has 0 aliphatic rings. The highest BCUT2D eigenvalue weighted by Gasteiger charge is 2.05. The number of nitrogen functional groups attached to an aromatic ring is 1. The number of rotatable bonds is 4. The Balaban J connectivity index is 2.08. The molecule has 0 fully saturated rings. The van der Waals surface area contributed by atoms with Crippen LogP contribution < -0.4 is 16.8 Å². The molecule has 6 heteroatoms. The van der Waals surface area contributed by atoms with Gasteiger partial charge in [-0.2, -0.15) is 0 Å². The smallest absolute Gasteiger partial charge is 0.248 e. The average Bonchev–Trinajstić information content (AvgIpc) is 2.73. The van der Waals surface area contributed by atoms with E-state index < -0.39 is 5.91 Å². The summed E-state index contributed by atoms with van der Waals surface area (Å²) in [5, 5.41) is 3.22. The van der Waals surface area contributed by atoms with Crippen molar-refractivity contribution in [1.82, 2.24) is 0 Å². The third-order valence-electron chi connectivity index (χ3n) is 2.42. The molecule has 18 heavy (non-hydrogen) atoms. The Hall–Kier alpha value is -1.53. The first-order valence-corrected chi connectivity index (χ1v) is 6.84. The van der Waals surface area contributed by atoms with E-state index in [2.05, 4.69) is 21.2 Å². The lowest BCUT2D eigenvalue weighted by Crippen LogP contribution is -2.11. The Morgan fingerprint density at radius 1 is 1.33 bits per heavy atom. The molecule has 1 amide bonds. The highest BCUT2D eigenvalue weighted by molar-refractivity contribution is 9.11. The predicted octanol–water partition coefficient (Wildman–Crippen LogP) is 2.80. The molecule has 2 aromatic rings. The summed E-state index contributed by atoms with van der Waals surface area (Å²) in [6.45, 7) is 0.691. The molecule has 1 aromatic carbocycles. The van der Waals surface area contributed by atoms with Crippen molar-refractivity contribution in [2.24, 2.45) is 5.73 Å². The zero-order chi connectivity index (χ0) is 13.1. The maximum atomic E-state index is 11.0. The van der Waals surface area contributed by atoms with Gasteiger partial charge < -0.3 is 16.8 Å². The van der Waals surface area contributed by atoms with Gasteiger partial charge in [-0.05, 0) is 46.3 Å². The van der Waals surface area contributed by atoms with Crippen LogP contribution in [0.5, 0.6) is 0 Å². The fourth-order valence-corrected chi connectivity index (χ4v) is 2.93. The SMILES string of the molecule is NC(=O)c1ccc(NCc2ccc(Br)s2)c(N)c1. The minimum absolute atomic E-state index is 0.414. The molecule has 0 aliphatic carbocycles. The monoisotopic (exact) mass is 325 g/mol. The minimum atomic E-state index is -0.476. The van der Waals surface area contributed by atoms with Crippen LogP contribution in [0.4, 0.5) is 11.4 Å². The first kappa shape index (κ1) is 12.9. The van der Waals surface area contributed by atoms with Crippen LogP contribution in [0.2, 0.25) is 0 Å². The fourth-order valence-electron chi connectivity index (χ4n) is 1.51. The molecule has 0 bridgehead atoms. The van der Waals surface area contributed by atoms with Crippen LogP contribution in [0.25, 0.3) is 0 Å². The topological polar surface area (TPSA) is 81.1 Å². The van der Waals surface area contributed by atoms with Gasteiger partial charge in [0.25, 0.3) is 0 Å². The zero-order valence-electron chi connectivity index (χ0n) is 9.44. The number of carbonyl (C=O) groups excluding carboxylic acids is 1. The van der Waals surface area contributed by atoms with Crippen molar-refractivity contribution in [2.45, 2.75) is 6.54 Å². The third-order valence-corrected chi connectivity index (χ3v) is 4.04. The summed E-state index contributed by atoms with van der Waals surface area (Å²) in [7, 11) is 0. The van der Waals surface area contributed by atoms with Crippen LogP contribution >= 0.6 is 27.3 Å². The number of benzene rings is 1. The van der Waals surface area contributed by atoms with E-state index >= 15 is 0 Å². The lowest BCUT2D eigenvalue weighted by atomic mass is 10.1. The lowest BCUT2D eigenvalue weighted by Gasteiger charge is -2.09. The van der Waals surface area contributed by atoms with Crippen molar-refractivity contribution in [3.8, 4) is 0 Å². The Kier molecular flexibility index (Phi) is 3.88. The van der Waals surface area contributed by atoms with Crippen LogP contribution in [-0.4, -0.2) is 5.91 Å². The van der Waals surface area contributed by atoms with Gasteiger partial charge in [0, 0.05) is 17.0 Å². The van der Waals surface area contributed by atoms with Crippen LogP contribution in [0.15, 0.2) is 34.1 Å². The van der Waals surface area contributed by atoms with Crippen molar-refractivity contribution in [3.63, 3.8) is 0 Å². The van der Waals surface area contributed by atoms with Crippen LogP contribution in [0.3, 0.4) is 0 Å². The van der Waals surface area contributed by atoms with E-state index in [-0.39, 0.29) is 0 Å². The number of amides is 1. The molecule has 0 aliphatic heterocycles. The molecule has 0 spiro atoms. The molecule has 1 aromatic heterocycles. The molecule has 94 valence electrons. The number of nitrogens with one attached hydrogen (secondary N) is 1. The van der Waals surface area contributed by atoms with E-state index in [0.29, 0.717) is 17.8 Å². The second-order valence-electron chi connectivity index (χ2n) is 3.73. The predicted molar refractivity (Wildman–Crippen MR) is 78.7 cm³/mol. The van der Waals surface area contributed by atoms with Gasteiger partial charge in [0.15, 0.2) is 0 Å². The van der Waals surface area contributed by atoms with Gasteiger partial charge >= 0.3 is 0 Å². The molecule has 0 saturated heterocycles. The third kappa shape index (κ3) is 3.02. The van der Waals surface area contributed by atoms with Gasteiger partial charge in [-0.3, -0.25) is 4.79 Å². The Morgan fingerprint density at radius 2 is 2.11 bits per heavy atom. The van der Waals surface area contributed by atoms with E-state index in [1.54, 1.807) is 29.5 Å². The second-order valence-corrected chi connectivity index (χ2v) is 6.27. The molecule has 5 N–H and O–H groups in total. The molecule has 4 nitrogen and oxygen atoms in total. The maximum absolute atomic E-state index is 11.0. The second kappa shape index (κ2) is 5.41. The van der Waals surface area contributed by atoms with Gasteiger partial charge in [-0.1, -0.05) is 0 Å². The Labute approximate surface area is 117 Å². The minimum Gasteiger partial charge on any atom is -0.397 e. The van der Waals surface area contributed by atoms with Crippen LogP contribution in [0.1, 0.15) is 15.2 Å². The van der Waals surface area contributed by atoms with E-state index in [1.165, 1.54) is 4.88 Å². The first-order chi connectivity index (χ1) is 8.56. The summed E-state index contributed by atoms with van der Waals surface area (Å²) < 4.78 is 1.09. The summed E-state index contributed by atoms with van der Waals surface area (Å²) in [5.41, 5.74) is 12.8. The highest BCUT2D eigenvalue weighted by atomic mass is 79.9. The van der Waals surface area contributed by atoms with Crippen LogP contribution in [0, 0.1) is 0 Å². The summed E-state index contributed by atoms with van der Waals surface area (Å²) in [6.07, 6.45) is 0. The standard InChI is InChI=1S/C12H12BrN3OS/c13-11-4-2-8(18-11)6-16-10-3-1-7(12(15)17)5-9(10)14/h1-5,16H,6,14H2,(H2,15,17). The largest absolute Gasteiger partial charge is 0.397 e. The average molecular weight is 326 g/mol. The normalized spacial score (nSPS) is 10.3. The quantitative estimate of drug-likeness (QED) is 0.756. The molecule has 0 atom stereocenters. The molecular formula is C12H12BrN3OS. The number of thiophene rings is 1. The molecule has 1 heterocycles. The van der Waals surface area contributed by atoms with Gasteiger partial charge in [0.2, 0.25) is 5.91 Å². The van der Waals surface area contributed by atoms with Crippen LogP contribution in [-0.2, 0) is 6.54 Å². The highest BCUT2D eigenvalue weighted by Crippen LogP contribution is 2.25. The van der Waals surface area contributed by atoms with Crippen molar-refractivity contribution in [3.05, 3.63) is 44.6 Å². The van der Waals surface area contributed by atoms with Crippen molar-refractivity contribution >= 4 is 44.5 Å². The maximum Gasteiger partial charge on any atom is 0.248 e. The first-order valence-electron chi connectivity index (χ1n) is 5.23. The number of hydrogen-bond acceptors (Lipinski definition) is 4. The number of nitrogens with two attached hydrogens (primary N) is 2. The number of hydrogen-bond donors (Lipinski definition) is 3. The van der Waals surface area contributed by atoms with E-state index in [9.17, 15) is 4.79 Å². The van der Waals surface area contributed by atoms with Crippen molar-refractivity contribution in [1.29, 1.82) is 0 Å². The van der Waals surface area contributed by atoms with E-state index in [0.717, 1.165) is 9.47 Å². The molecule has 0 radical (unpaired) electrons. The van der Waals surface area contributed by atoms with Gasteiger partial charge in [0.1, 0.15) is 0 Å². The fraction of sp³-hybridized carbons (Fsp3) is 0.0833. The molecule has 0 saturated carbocycles. The zero-order valence-corrected chi connectivity index (χ0v) is 11.8. The summed E-state index contributed by atoms with van der Waals surface area (Å²) >= 11 is 5.07. The molecule has 0 unspecified atom stereocenters. The van der Waals surface area contributed by atoms with E-state index in [1.807, 2.05) is 12.1 Å². The van der Waals surface area contributed by atoms with Crippen molar-refractivity contribution < 1.29 is 4.79 Å². The number of anilines is 2. The lowest BCUT2D eigenvalue weighted by molar-refractivity contribution is 0.100. The molecular weight excluding hydrogens is 314 g/mol. The Morgan fingerprint density at radius 3 is 2.67 bits per heavy atom. The number of primary amides is 1. The van der Waals surface area contributed by atoms with Gasteiger partial charge in [-0.15, -0.1) is 11.3 Å².